The molecule has 0 unspecified atom stereocenters. The summed E-state index contributed by atoms with van der Waals surface area (Å²) in [4.78, 5) is 79.6. The number of carboxylic acid groups (broad SMARTS) is 3. The van der Waals surface area contributed by atoms with Crippen molar-refractivity contribution in [3.05, 3.63) is 0 Å². The fourth-order valence-corrected chi connectivity index (χ4v) is 6.37. The monoisotopic (exact) mass is 889 g/mol. The minimum Gasteiger partial charge on any atom is -0.549 e. The van der Waals surface area contributed by atoms with E-state index in [1.54, 1.807) is 19.6 Å². The van der Waals surface area contributed by atoms with Crippen LogP contribution in [0.15, 0.2) is 0 Å². The maximum Gasteiger partial charge on any atom is 0.219 e. The highest BCUT2D eigenvalue weighted by Gasteiger charge is 2.19. The zero-order valence-corrected chi connectivity index (χ0v) is 37.4. The fourth-order valence-electron chi connectivity index (χ4n) is 6.37. The predicted octanol–water partition coefficient (Wildman–Crippen LogP) is -3.32. The molecule has 1 amide bonds. The first-order chi connectivity index (χ1) is 29.9. The van der Waals surface area contributed by atoms with E-state index in [9.17, 15) is 44.1 Å². The summed E-state index contributed by atoms with van der Waals surface area (Å²) in [6.07, 6.45) is 5.00. The SMILES string of the molecule is CCCOCCOCCOCCCN(CC(=O)CCCCOCCOCCOCCCCC(=O)CN1CCN(CC(=O)[O-])CCN(CC(=O)[O-])CCN(CC(=O)[O-])CC1)C(C)=O. The molecule has 0 aromatic heterocycles. The number of hydrogen-bond donors (Lipinski definition) is 0. The summed E-state index contributed by atoms with van der Waals surface area (Å²) in [5.41, 5.74) is 0. The summed E-state index contributed by atoms with van der Waals surface area (Å²) in [6.45, 7) is 11.2. The second-order valence-electron chi connectivity index (χ2n) is 15.2. The Labute approximate surface area is 368 Å². The molecule has 0 radical (unpaired) electrons. The zero-order valence-electron chi connectivity index (χ0n) is 37.4. The number of carbonyl (C=O) groups excluding carboxylic acids is 6. The molecule has 0 N–H and O–H groups in total. The predicted molar refractivity (Wildman–Crippen MR) is 221 cm³/mol. The normalized spacial score (nSPS) is 15.2. The van der Waals surface area contributed by atoms with E-state index in [4.69, 9.17) is 28.4 Å². The van der Waals surface area contributed by atoms with Crippen molar-refractivity contribution < 1.29 is 72.5 Å². The molecule has 0 spiro atoms. The van der Waals surface area contributed by atoms with Crippen LogP contribution in [0.4, 0.5) is 0 Å². The van der Waals surface area contributed by atoms with Crippen LogP contribution in [-0.4, -0.2) is 231 Å². The van der Waals surface area contributed by atoms with Crippen molar-refractivity contribution in [2.24, 2.45) is 0 Å². The highest BCUT2D eigenvalue weighted by Crippen LogP contribution is 2.05. The van der Waals surface area contributed by atoms with Gasteiger partial charge in [-0.15, -0.1) is 0 Å². The molecule has 1 saturated heterocycles. The summed E-state index contributed by atoms with van der Waals surface area (Å²) >= 11 is 0. The highest BCUT2D eigenvalue weighted by atomic mass is 16.5. The van der Waals surface area contributed by atoms with Gasteiger partial charge in [-0.05, 0) is 38.5 Å². The van der Waals surface area contributed by atoms with Crippen molar-refractivity contribution in [1.29, 1.82) is 0 Å². The summed E-state index contributed by atoms with van der Waals surface area (Å²) < 4.78 is 33.1. The lowest BCUT2D eigenvalue weighted by Crippen LogP contribution is -2.51. The number of Topliss-reactive ketones (excluding diaryl/α,β-unsaturated/α-hetero) is 2. The summed E-state index contributed by atoms with van der Waals surface area (Å²) in [5, 5.41) is 34.0. The molecule has 0 aromatic carbocycles. The molecule has 1 aliphatic rings. The van der Waals surface area contributed by atoms with Gasteiger partial charge in [-0.3, -0.25) is 34.0 Å². The number of carbonyl (C=O) groups is 6. The fraction of sp³-hybridized carbons (Fsp3) is 0.857. The lowest BCUT2D eigenvalue weighted by Gasteiger charge is -2.34. The van der Waals surface area contributed by atoms with Gasteiger partial charge < -0.3 is 63.0 Å². The second-order valence-corrected chi connectivity index (χ2v) is 15.2. The third-order valence-corrected chi connectivity index (χ3v) is 9.74. The number of carboxylic acids is 3. The van der Waals surface area contributed by atoms with Crippen molar-refractivity contribution in [1.82, 2.24) is 24.5 Å². The molecule has 1 fully saturated rings. The number of rotatable bonds is 38. The van der Waals surface area contributed by atoms with Crippen LogP contribution in [0.3, 0.4) is 0 Å². The minimum atomic E-state index is -1.29. The van der Waals surface area contributed by atoms with Crippen LogP contribution >= 0.6 is 0 Å². The molecular formula is C42H74N5O15-3. The Balaban J connectivity index is 2.16. The molecule has 1 heterocycles. The molecule has 0 aliphatic carbocycles. The summed E-state index contributed by atoms with van der Waals surface area (Å²) in [7, 11) is 0. The second kappa shape index (κ2) is 38.3. The molecule has 0 aromatic rings. The minimum absolute atomic E-state index is 0.000125. The molecule has 360 valence electrons. The molecule has 1 aliphatic heterocycles. The van der Waals surface area contributed by atoms with Gasteiger partial charge >= 0.3 is 0 Å². The smallest absolute Gasteiger partial charge is 0.219 e. The quantitative estimate of drug-likeness (QED) is 0.0551. The van der Waals surface area contributed by atoms with E-state index in [-0.39, 0.29) is 76.4 Å². The Morgan fingerprint density at radius 2 is 0.758 bits per heavy atom. The van der Waals surface area contributed by atoms with Gasteiger partial charge in [0.25, 0.3) is 0 Å². The topological polar surface area (TPSA) is 243 Å². The third kappa shape index (κ3) is 34.3. The van der Waals surface area contributed by atoms with Crippen LogP contribution in [0.25, 0.3) is 0 Å². The number of ketones is 2. The number of aliphatic carboxylic acids is 3. The van der Waals surface area contributed by atoms with Crippen LogP contribution in [0.1, 0.15) is 65.2 Å². The first-order valence-corrected chi connectivity index (χ1v) is 22.1. The van der Waals surface area contributed by atoms with E-state index in [0.29, 0.717) is 144 Å². The Morgan fingerprint density at radius 1 is 0.435 bits per heavy atom. The Morgan fingerprint density at radius 3 is 1.11 bits per heavy atom. The molecule has 1 rings (SSSR count). The lowest BCUT2D eigenvalue weighted by atomic mass is 10.1. The molecule has 62 heavy (non-hydrogen) atoms. The van der Waals surface area contributed by atoms with Crippen molar-refractivity contribution in [3.8, 4) is 0 Å². The van der Waals surface area contributed by atoms with Crippen molar-refractivity contribution in [2.75, 3.05) is 171 Å². The van der Waals surface area contributed by atoms with Crippen molar-refractivity contribution in [2.45, 2.75) is 65.2 Å². The maximum atomic E-state index is 12.9. The summed E-state index contributed by atoms with van der Waals surface area (Å²) in [6, 6.07) is 0. The van der Waals surface area contributed by atoms with Crippen LogP contribution in [0.5, 0.6) is 0 Å². The van der Waals surface area contributed by atoms with Gasteiger partial charge in [0, 0.05) is 125 Å². The van der Waals surface area contributed by atoms with E-state index in [1.807, 2.05) is 4.90 Å². The van der Waals surface area contributed by atoms with Gasteiger partial charge in [0.2, 0.25) is 5.91 Å². The largest absolute Gasteiger partial charge is 0.549 e. The molecule has 20 nitrogen and oxygen atoms in total. The third-order valence-electron chi connectivity index (χ3n) is 9.74. The molecule has 0 saturated carbocycles. The zero-order chi connectivity index (χ0) is 45.6. The van der Waals surface area contributed by atoms with Crippen LogP contribution in [0.2, 0.25) is 0 Å². The van der Waals surface area contributed by atoms with Gasteiger partial charge in [-0.25, -0.2) is 0 Å². The molecular weight excluding hydrogens is 814 g/mol. The van der Waals surface area contributed by atoms with Crippen LogP contribution in [-0.2, 0) is 57.2 Å². The molecule has 0 atom stereocenters. The number of hydrogen-bond acceptors (Lipinski definition) is 19. The van der Waals surface area contributed by atoms with E-state index in [1.165, 1.54) is 6.92 Å². The van der Waals surface area contributed by atoms with Gasteiger partial charge in [0.1, 0.15) is 5.78 Å². The number of amides is 1. The molecule has 0 bridgehead atoms. The average Bonchev–Trinajstić information content (AvgIpc) is 3.21. The molecule has 20 heteroatoms. The number of unbranched alkanes of at least 4 members (excludes halogenated alkanes) is 2. The van der Waals surface area contributed by atoms with Gasteiger partial charge in [-0.2, -0.15) is 0 Å². The van der Waals surface area contributed by atoms with E-state index < -0.39 is 17.9 Å². The standard InChI is InChI=1S/C42H77N5O15/c1-3-20-57-24-28-61-31-27-60-23-8-11-47(37(2)48)33-39(50)10-5-7-22-59-26-30-62-29-25-58-21-6-4-9-38(49)32-43-12-14-44(34-40(51)52)16-18-46(36-42(55)56)19-17-45(15-13-43)35-41(53)54/h3-36H2,1-2H3,(H,51,52)(H,53,54)(H,55,56)/p-3. The first-order valence-electron chi connectivity index (χ1n) is 22.1. The Bertz CT molecular complexity index is 1200. The van der Waals surface area contributed by atoms with Gasteiger partial charge in [0.15, 0.2) is 5.78 Å². The van der Waals surface area contributed by atoms with E-state index >= 15 is 0 Å². The van der Waals surface area contributed by atoms with Gasteiger partial charge in [0.05, 0.1) is 83.9 Å². The average molecular weight is 889 g/mol. The first kappa shape index (κ1) is 56.8. The van der Waals surface area contributed by atoms with E-state index in [2.05, 4.69) is 6.92 Å². The van der Waals surface area contributed by atoms with Crippen LogP contribution < -0.4 is 15.3 Å². The van der Waals surface area contributed by atoms with Crippen LogP contribution in [0, 0.1) is 0 Å². The summed E-state index contributed by atoms with van der Waals surface area (Å²) in [5.74, 6) is -3.95. The Kier molecular flexibility index (Phi) is 35.1. The number of ether oxygens (including phenoxy) is 6. The van der Waals surface area contributed by atoms with E-state index in [0.717, 1.165) is 19.4 Å². The van der Waals surface area contributed by atoms with Crippen molar-refractivity contribution in [3.63, 3.8) is 0 Å². The Hall–Kier alpha value is -3.18. The highest BCUT2D eigenvalue weighted by molar-refractivity contribution is 5.85. The van der Waals surface area contributed by atoms with Gasteiger partial charge in [-0.1, -0.05) is 6.92 Å². The van der Waals surface area contributed by atoms with Crippen molar-refractivity contribution >= 4 is 35.4 Å². The lowest BCUT2D eigenvalue weighted by molar-refractivity contribution is -0.308. The number of nitrogens with zero attached hydrogens (tertiary/aromatic N) is 5. The maximum absolute atomic E-state index is 12.9.